The molecular weight excluding hydrogens is 282 g/mol. The lowest BCUT2D eigenvalue weighted by atomic mass is 10.1. The predicted molar refractivity (Wildman–Crippen MR) is 89.9 cm³/mol. The number of nitrogens with one attached hydrogen (secondary N) is 1. The van der Waals surface area contributed by atoms with Crippen molar-refractivity contribution in [3.05, 3.63) is 53.2 Å². The summed E-state index contributed by atoms with van der Waals surface area (Å²) in [6.07, 6.45) is 0. The van der Waals surface area contributed by atoms with E-state index in [1.54, 1.807) is 7.11 Å². The third-order valence-electron chi connectivity index (χ3n) is 3.22. The smallest absolute Gasteiger partial charge is 0.127 e. The van der Waals surface area contributed by atoms with E-state index in [0.29, 0.717) is 4.99 Å². The number of aryl methyl sites for hydroxylation is 1. The number of methoxy groups -OCH3 is 1. The van der Waals surface area contributed by atoms with Gasteiger partial charge >= 0.3 is 0 Å². The van der Waals surface area contributed by atoms with Gasteiger partial charge in [-0.1, -0.05) is 24.4 Å². The van der Waals surface area contributed by atoms with Crippen molar-refractivity contribution < 1.29 is 4.74 Å². The summed E-state index contributed by atoms with van der Waals surface area (Å²) < 4.78 is 5.16. The van der Waals surface area contributed by atoms with Crippen LogP contribution in [-0.2, 0) is 0 Å². The Morgan fingerprint density at radius 2 is 1.95 bits per heavy atom. The number of ether oxygens (including phenoxy) is 1. The van der Waals surface area contributed by atoms with Crippen LogP contribution in [0, 0.1) is 6.92 Å². The van der Waals surface area contributed by atoms with Gasteiger partial charge in [0.1, 0.15) is 16.6 Å². The maximum absolute atomic E-state index is 5.69. The van der Waals surface area contributed by atoms with Gasteiger partial charge in [-0.15, -0.1) is 0 Å². The van der Waals surface area contributed by atoms with E-state index < -0.39 is 0 Å². The fourth-order valence-corrected chi connectivity index (χ4v) is 2.20. The third-order valence-corrected chi connectivity index (χ3v) is 3.45. The van der Waals surface area contributed by atoms with Crippen LogP contribution in [0.5, 0.6) is 5.75 Å². The van der Waals surface area contributed by atoms with Gasteiger partial charge in [-0.3, -0.25) is 0 Å². The molecule has 4 nitrogen and oxygen atoms in total. The molecule has 2 aromatic rings. The van der Waals surface area contributed by atoms with Crippen molar-refractivity contribution in [3.8, 4) is 5.75 Å². The SMILES string of the molecule is COc1ccc(C(C)Nc2cc(C(N)=S)cc(C)n2)cc1. The Kier molecular flexibility index (Phi) is 4.75. The highest BCUT2D eigenvalue weighted by molar-refractivity contribution is 7.80. The number of hydrogen-bond acceptors (Lipinski definition) is 4. The van der Waals surface area contributed by atoms with E-state index in [1.165, 1.54) is 0 Å². The summed E-state index contributed by atoms with van der Waals surface area (Å²) in [6, 6.07) is 11.8. The van der Waals surface area contributed by atoms with Crippen LogP contribution < -0.4 is 15.8 Å². The van der Waals surface area contributed by atoms with E-state index in [0.717, 1.165) is 28.4 Å². The summed E-state index contributed by atoms with van der Waals surface area (Å²) in [5.74, 6) is 1.61. The number of benzene rings is 1. The lowest BCUT2D eigenvalue weighted by Crippen LogP contribution is -2.13. The van der Waals surface area contributed by atoms with Crippen molar-refractivity contribution in [2.45, 2.75) is 19.9 Å². The number of pyridine rings is 1. The van der Waals surface area contributed by atoms with E-state index in [1.807, 2.05) is 43.3 Å². The molecule has 1 heterocycles. The van der Waals surface area contributed by atoms with Crippen molar-refractivity contribution in [2.75, 3.05) is 12.4 Å². The van der Waals surface area contributed by atoms with E-state index in [2.05, 4.69) is 17.2 Å². The Hall–Kier alpha value is -2.14. The second-order valence-corrected chi connectivity index (χ2v) is 5.33. The van der Waals surface area contributed by atoms with E-state index in [-0.39, 0.29) is 6.04 Å². The Labute approximate surface area is 130 Å². The van der Waals surface area contributed by atoms with Crippen molar-refractivity contribution in [3.63, 3.8) is 0 Å². The molecule has 0 aliphatic rings. The molecule has 21 heavy (non-hydrogen) atoms. The molecule has 3 N–H and O–H groups in total. The first-order chi connectivity index (χ1) is 9.99. The van der Waals surface area contributed by atoms with Crippen LogP contribution in [0.3, 0.4) is 0 Å². The zero-order valence-electron chi connectivity index (χ0n) is 12.4. The summed E-state index contributed by atoms with van der Waals surface area (Å²) >= 11 is 5.02. The minimum atomic E-state index is 0.115. The fourth-order valence-electron chi connectivity index (χ4n) is 2.08. The molecule has 0 aliphatic heterocycles. The molecule has 1 atom stereocenters. The molecule has 0 spiro atoms. The van der Waals surface area contributed by atoms with E-state index in [4.69, 9.17) is 22.7 Å². The van der Waals surface area contributed by atoms with Crippen LogP contribution in [0.1, 0.15) is 29.8 Å². The van der Waals surface area contributed by atoms with Crippen LogP contribution in [0.2, 0.25) is 0 Å². The fraction of sp³-hybridized carbons (Fsp3) is 0.250. The van der Waals surface area contributed by atoms with Crippen LogP contribution in [0.4, 0.5) is 5.82 Å². The second-order valence-electron chi connectivity index (χ2n) is 4.89. The molecule has 0 aliphatic carbocycles. The molecular formula is C16H19N3OS. The number of nitrogens with zero attached hydrogens (tertiary/aromatic N) is 1. The molecule has 2 rings (SSSR count). The van der Waals surface area contributed by atoms with Gasteiger partial charge in [0.25, 0.3) is 0 Å². The van der Waals surface area contributed by atoms with Gasteiger partial charge in [0.05, 0.1) is 7.11 Å². The van der Waals surface area contributed by atoms with Gasteiger partial charge in [0.15, 0.2) is 0 Å². The number of nitrogens with two attached hydrogens (primary N) is 1. The molecule has 0 fully saturated rings. The van der Waals surface area contributed by atoms with Gasteiger partial charge < -0.3 is 15.8 Å². The minimum Gasteiger partial charge on any atom is -0.497 e. The Bertz CT molecular complexity index is 640. The molecule has 110 valence electrons. The summed E-state index contributed by atoms with van der Waals surface area (Å²) in [5, 5.41) is 3.36. The lowest BCUT2D eigenvalue weighted by molar-refractivity contribution is 0.414. The number of rotatable bonds is 5. The van der Waals surface area contributed by atoms with Gasteiger partial charge in [0, 0.05) is 17.3 Å². The first kappa shape index (κ1) is 15.3. The van der Waals surface area contributed by atoms with Crippen LogP contribution in [-0.4, -0.2) is 17.1 Å². The predicted octanol–water partition coefficient (Wildman–Crippen LogP) is 3.21. The quantitative estimate of drug-likeness (QED) is 0.830. The van der Waals surface area contributed by atoms with Gasteiger partial charge in [-0.25, -0.2) is 4.98 Å². The molecule has 5 heteroatoms. The normalized spacial score (nSPS) is 11.8. The van der Waals surface area contributed by atoms with Crippen molar-refractivity contribution in [2.24, 2.45) is 5.73 Å². The Morgan fingerprint density at radius 1 is 1.29 bits per heavy atom. The second kappa shape index (κ2) is 6.54. The average Bonchev–Trinajstić information content (AvgIpc) is 2.46. The number of hydrogen-bond donors (Lipinski definition) is 2. The lowest BCUT2D eigenvalue weighted by Gasteiger charge is -2.16. The maximum atomic E-state index is 5.69. The highest BCUT2D eigenvalue weighted by atomic mass is 32.1. The molecule has 0 saturated heterocycles. The Morgan fingerprint density at radius 3 is 2.52 bits per heavy atom. The summed E-state index contributed by atoms with van der Waals surface area (Å²) in [4.78, 5) is 4.84. The highest BCUT2D eigenvalue weighted by Gasteiger charge is 2.08. The zero-order chi connectivity index (χ0) is 15.4. The van der Waals surface area contributed by atoms with Crippen LogP contribution in [0.15, 0.2) is 36.4 Å². The summed E-state index contributed by atoms with van der Waals surface area (Å²) in [6.45, 7) is 4.00. The molecule has 1 aromatic carbocycles. The molecule has 1 aromatic heterocycles. The largest absolute Gasteiger partial charge is 0.497 e. The van der Waals surface area contributed by atoms with Gasteiger partial charge in [0.2, 0.25) is 0 Å². The maximum Gasteiger partial charge on any atom is 0.127 e. The number of anilines is 1. The molecule has 0 amide bonds. The van der Waals surface area contributed by atoms with Gasteiger partial charge in [-0.05, 0) is 43.7 Å². The minimum absolute atomic E-state index is 0.115. The van der Waals surface area contributed by atoms with Crippen molar-refractivity contribution >= 4 is 23.0 Å². The number of aromatic nitrogens is 1. The van der Waals surface area contributed by atoms with E-state index in [9.17, 15) is 0 Å². The first-order valence-corrected chi connectivity index (χ1v) is 7.09. The van der Waals surface area contributed by atoms with Gasteiger partial charge in [-0.2, -0.15) is 0 Å². The molecule has 1 unspecified atom stereocenters. The standard InChI is InChI=1S/C16H19N3OS/c1-10-8-13(16(17)21)9-15(18-10)19-11(2)12-4-6-14(20-3)7-5-12/h4-9,11H,1-3H3,(H2,17,21)(H,18,19). The summed E-state index contributed by atoms with van der Waals surface area (Å²) in [5.41, 5.74) is 8.54. The Balaban J connectivity index is 2.18. The summed E-state index contributed by atoms with van der Waals surface area (Å²) in [7, 11) is 1.66. The third kappa shape index (κ3) is 3.92. The van der Waals surface area contributed by atoms with Crippen LogP contribution in [0.25, 0.3) is 0 Å². The van der Waals surface area contributed by atoms with Crippen molar-refractivity contribution in [1.82, 2.24) is 4.98 Å². The zero-order valence-corrected chi connectivity index (χ0v) is 13.2. The average molecular weight is 301 g/mol. The van der Waals surface area contributed by atoms with Crippen molar-refractivity contribution in [1.29, 1.82) is 0 Å². The topological polar surface area (TPSA) is 60.2 Å². The number of thiocarbonyl (C=S) groups is 1. The molecule has 0 radical (unpaired) electrons. The first-order valence-electron chi connectivity index (χ1n) is 6.68. The monoisotopic (exact) mass is 301 g/mol. The molecule has 0 bridgehead atoms. The van der Waals surface area contributed by atoms with Crippen LogP contribution >= 0.6 is 12.2 Å². The molecule has 0 saturated carbocycles. The highest BCUT2D eigenvalue weighted by Crippen LogP contribution is 2.21. The van der Waals surface area contributed by atoms with E-state index >= 15 is 0 Å².